The van der Waals surface area contributed by atoms with Crippen LogP contribution in [-0.2, 0) is 0 Å². The fraction of sp³-hybridized carbons (Fsp3) is 0.273. The van der Waals surface area contributed by atoms with E-state index in [4.69, 9.17) is 0 Å². The summed E-state index contributed by atoms with van der Waals surface area (Å²) in [6.07, 6.45) is 0. The number of rotatable bonds is 2. The lowest BCUT2D eigenvalue weighted by Crippen LogP contribution is -1.86. The van der Waals surface area contributed by atoms with Crippen LogP contribution in [-0.4, -0.2) is 0 Å². The van der Waals surface area contributed by atoms with Crippen molar-refractivity contribution in [2.24, 2.45) is 0 Å². The number of hydrogen-bond acceptors (Lipinski definition) is 2. The van der Waals surface area contributed by atoms with Crippen LogP contribution in [0.4, 0.5) is 0 Å². The average molecular weight is 287 g/mol. The van der Waals surface area contributed by atoms with Crippen molar-refractivity contribution in [3.05, 3.63) is 43.8 Å². The fourth-order valence-corrected chi connectivity index (χ4v) is 4.34. The van der Waals surface area contributed by atoms with Crippen LogP contribution in [0, 0.1) is 13.8 Å². The average Bonchev–Trinajstić information content (AvgIpc) is 2.73. The minimum absolute atomic E-state index is 0.376. The molecule has 2 rings (SSSR count). The van der Waals surface area contributed by atoms with E-state index in [1.165, 1.54) is 20.2 Å². The zero-order valence-electron chi connectivity index (χ0n) is 8.08. The molecule has 0 spiro atoms. The predicted molar refractivity (Wildman–Crippen MR) is 68.9 cm³/mol. The highest BCUT2D eigenvalue weighted by atomic mass is 79.9. The van der Waals surface area contributed by atoms with Gasteiger partial charge >= 0.3 is 0 Å². The van der Waals surface area contributed by atoms with Crippen molar-refractivity contribution in [3.63, 3.8) is 0 Å². The van der Waals surface area contributed by atoms with Crippen LogP contribution in [0.2, 0.25) is 0 Å². The third-order valence-electron chi connectivity index (χ3n) is 2.14. The van der Waals surface area contributed by atoms with Crippen molar-refractivity contribution in [2.75, 3.05) is 0 Å². The minimum Gasteiger partial charge on any atom is -0.147 e. The lowest BCUT2D eigenvalue weighted by Gasteiger charge is -2.06. The monoisotopic (exact) mass is 286 g/mol. The Labute approximate surface area is 101 Å². The van der Waals surface area contributed by atoms with Gasteiger partial charge in [0.2, 0.25) is 0 Å². The van der Waals surface area contributed by atoms with E-state index in [9.17, 15) is 0 Å². The van der Waals surface area contributed by atoms with Crippen molar-refractivity contribution in [1.29, 1.82) is 0 Å². The Hall–Kier alpha value is -0.120. The topological polar surface area (TPSA) is 0 Å². The smallest absolute Gasteiger partial charge is 0.0833 e. The minimum atomic E-state index is 0.376. The van der Waals surface area contributed by atoms with Gasteiger partial charge in [0, 0.05) is 14.6 Å². The summed E-state index contributed by atoms with van der Waals surface area (Å²) >= 11 is 7.44. The van der Waals surface area contributed by atoms with E-state index in [1.807, 2.05) is 22.7 Å². The molecule has 1 unspecified atom stereocenters. The third-order valence-corrected chi connectivity index (χ3v) is 5.85. The van der Waals surface area contributed by atoms with Crippen LogP contribution < -0.4 is 0 Å². The van der Waals surface area contributed by atoms with Gasteiger partial charge in [-0.25, -0.2) is 0 Å². The summed E-state index contributed by atoms with van der Waals surface area (Å²) in [4.78, 5) is 4.57. The molecule has 2 heterocycles. The number of halogens is 1. The molecule has 0 aliphatic heterocycles. The van der Waals surface area contributed by atoms with Gasteiger partial charge in [0.25, 0.3) is 0 Å². The van der Waals surface area contributed by atoms with Crippen LogP contribution in [0.1, 0.15) is 25.0 Å². The number of aryl methyl sites for hydroxylation is 2. The Morgan fingerprint density at radius 2 is 2.00 bits per heavy atom. The molecule has 0 nitrogen and oxygen atoms in total. The third kappa shape index (κ3) is 1.95. The molecular formula is C11H11BrS2. The zero-order chi connectivity index (χ0) is 10.1. The Kier molecular flexibility index (Phi) is 3.10. The molecule has 0 fully saturated rings. The normalized spacial score (nSPS) is 13.1. The Morgan fingerprint density at radius 1 is 1.21 bits per heavy atom. The molecule has 0 saturated heterocycles. The van der Waals surface area contributed by atoms with Gasteiger partial charge in [0.1, 0.15) is 0 Å². The van der Waals surface area contributed by atoms with Crippen LogP contribution in [0.25, 0.3) is 0 Å². The maximum absolute atomic E-state index is 3.76. The van der Waals surface area contributed by atoms with E-state index in [1.54, 1.807) is 0 Å². The number of thiophene rings is 2. The van der Waals surface area contributed by atoms with Gasteiger partial charge in [-0.15, -0.1) is 22.7 Å². The highest BCUT2D eigenvalue weighted by Gasteiger charge is 2.15. The molecule has 0 saturated carbocycles. The largest absolute Gasteiger partial charge is 0.147 e. The van der Waals surface area contributed by atoms with Crippen molar-refractivity contribution < 1.29 is 0 Å². The second kappa shape index (κ2) is 4.17. The molecule has 3 heteroatoms. The van der Waals surface area contributed by atoms with E-state index in [-0.39, 0.29) is 0 Å². The molecule has 0 aliphatic carbocycles. The first-order valence-corrected chi connectivity index (χ1v) is 7.04. The van der Waals surface area contributed by atoms with Crippen molar-refractivity contribution >= 4 is 38.6 Å². The molecule has 0 bridgehead atoms. The molecule has 0 radical (unpaired) electrons. The predicted octanol–water partition coefficient (Wildman–Crippen LogP) is 4.91. The second-order valence-corrected chi connectivity index (χ2v) is 6.46. The first-order chi connectivity index (χ1) is 6.68. The van der Waals surface area contributed by atoms with Crippen molar-refractivity contribution in [1.82, 2.24) is 0 Å². The lowest BCUT2D eigenvalue weighted by molar-refractivity contribution is 1.24. The number of alkyl halides is 1. The summed E-state index contributed by atoms with van der Waals surface area (Å²) in [7, 11) is 0. The highest BCUT2D eigenvalue weighted by molar-refractivity contribution is 9.09. The van der Waals surface area contributed by atoms with Crippen LogP contribution in [0.3, 0.4) is 0 Å². The SMILES string of the molecule is Cc1ccc(C(Br)c2sccc2C)s1. The highest BCUT2D eigenvalue weighted by Crippen LogP contribution is 2.39. The summed E-state index contributed by atoms with van der Waals surface area (Å²) in [6.45, 7) is 4.32. The summed E-state index contributed by atoms with van der Waals surface area (Å²) in [6, 6.07) is 6.56. The molecule has 1 atom stereocenters. The van der Waals surface area contributed by atoms with Crippen molar-refractivity contribution in [3.8, 4) is 0 Å². The van der Waals surface area contributed by atoms with Crippen LogP contribution in [0.5, 0.6) is 0 Å². The molecule has 2 aromatic rings. The summed E-state index contributed by atoms with van der Waals surface area (Å²) < 4.78 is 0. The van der Waals surface area contributed by atoms with Gasteiger partial charge in [-0.05, 0) is 43.0 Å². The summed E-state index contributed by atoms with van der Waals surface area (Å²) in [5, 5.41) is 2.15. The van der Waals surface area contributed by atoms with E-state index < -0.39 is 0 Å². The van der Waals surface area contributed by atoms with Gasteiger partial charge in [-0.2, -0.15) is 0 Å². The van der Waals surface area contributed by atoms with Crippen molar-refractivity contribution in [2.45, 2.75) is 18.7 Å². The van der Waals surface area contributed by atoms with Gasteiger partial charge in [-0.1, -0.05) is 15.9 Å². The summed E-state index contributed by atoms with van der Waals surface area (Å²) in [5.41, 5.74) is 1.38. The lowest BCUT2D eigenvalue weighted by atomic mass is 10.2. The molecule has 0 N–H and O–H groups in total. The number of hydrogen-bond donors (Lipinski definition) is 0. The summed E-state index contributed by atoms with van der Waals surface area (Å²) in [5.74, 6) is 0. The van der Waals surface area contributed by atoms with E-state index in [2.05, 4.69) is 53.4 Å². The fourth-order valence-electron chi connectivity index (χ4n) is 1.36. The Morgan fingerprint density at radius 3 is 2.50 bits per heavy atom. The first kappa shape index (κ1) is 10.4. The molecule has 0 aliphatic rings. The van der Waals surface area contributed by atoms with Crippen LogP contribution in [0.15, 0.2) is 23.6 Å². The van der Waals surface area contributed by atoms with E-state index in [0.717, 1.165) is 0 Å². The molecule has 2 aromatic heterocycles. The molecule has 0 amide bonds. The maximum atomic E-state index is 3.76. The van der Waals surface area contributed by atoms with Gasteiger partial charge < -0.3 is 0 Å². The van der Waals surface area contributed by atoms with Gasteiger partial charge in [0.15, 0.2) is 0 Å². The quantitative estimate of drug-likeness (QED) is 0.688. The molecular weight excluding hydrogens is 276 g/mol. The van der Waals surface area contributed by atoms with E-state index in [0.29, 0.717) is 4.83 Å². The Balaban J connectivity index is 2.33. The van der Waals surface area contributed by atoms with Gasteiger partial charge in [0.05, 0.1) is 4.83 Å². The molecule has 0 aromatic carbocycles. The zero-order valence-corrected chi connectivity index (χ0v) is 11.3. The standard InChI is InChI=1S/C11H11BrS2/c1-7-5-6-13-11(7)10(12)9-4-3-8(2)14-9/h3-6,10H,1-2H3. The van der Waals surface area contributed by atoms with Crippen LogP contribution >= 0.6 is 38.6 Å². The molecule has 14 heavy (non-hydrogen) atoms. The molecule has 74 valence electrons. The van der Waals surface area contributed by atoms with Gasteiger partial charge in [-0.3, -0.25) is 0 Å². The second-order valence-electron chi connectivity index (χ2n) is 3.28. The first-order valence-electron chi connectivity index (χ1n) is 4.43. The Bertz CT molecular complexity index is 428. The van der Waals surface area contributed by atoms with E-state index >= 15 is 0 Å². The maximum Gasteiger partial charge on any atom is 0.0833 e.